The molecule has 0 aromatic carbocycles. The molecule has 6 heteroatoms. The van der Waals surface area contributed by atoms with Gasteiger partial charge >= 0.3 is 0 Å². The molecule has 16 heavy (non-hydrogen) atoms. The Hall–Kier alpha value is 0.350. The first kappa shape index (κ1) is 12.8. The van der Waals surface area contributed by atoms with E-state index in [1.807, 2.05) is 0 Å². The van der Waals surface area contributed by atoms with E-state index in [2.05, 4.69) is 15.9 Å². The highest BCUT2D eigenvalue weighted by Gasteiger charge is 2.37. The number of halogens is 1. The van der Waals surface area contributed by atoms with E-state index in [-0.39, 0.29) is 5.25 Å². The lowest BCUT2D eigenvalue weighted by molar-refractivity contribution is 0.0973. The summed E-state index contributed by atoms with van der Waals surface area (Å²) >= 11 is 3.42. The summed E-state index contributed by atoms with van der Waals surface area (Å²) in [6, 6.07) is 0. The summed E-state index contributed by atoms with van der Waals surface area (Å²) in [7, 11) is -3.07. The van der Waals surface area contributed by atoms with Crippen LogP contribution in [0.5, 0.6) is 0 Å². The van der Waals surface area contributed by atoms with Crippen LogP contribution in [0.2, 0.25) is 0 Å². The van der Waals surface area contributed by atoms with E-state index in [0.717, 1.165) is 11.8 Å². The average Bonchev–Trinajstić information content (AvgIpc) is 2.79. The minimum atomic E-state index is -3.07. The van der Waals surface area contributed by atoms with Crippen molar-refractivity contribution in [2.75, 3.05) is 31.6 Å². The molecule has 0 saturated carbocycles. The number of ether oxygens (including phenoxy) is 1. The van der Waals surface area contributed by atoms with Crippen molar-refractivity contribution < 1.29 is 13.2 Å². The van der Waals surface area contributed by atoms with Crippen LogP contribution in [-0.4, -0.2) is 49.6 Å². The van der Waals surface area contributed by atoms with E-state index in [1.165, 1.54) is 0 Å². The van der Waals surface area contributed by atoms with Crippen molar-refractivity contribution >= 4 is 26.0 Å². The molecule has 4 nitrogen and oxygen atoms in total. The van der Waals surface area contributed by atoms with Crippen LogP contribution in [0, 0.1) is 5.92 Å². The van der Waals surface area contributed by atoms with Crippen LogP contribution in [0.1, 0.15) is 19.3 Å². The smallest absolute Gasteiger partial charge is 0.217 e. The topological polar surface area (TPSA) is 46.6 Å². The quantitative estimate of drug-likeness (QED) is 0.736. The Morgan fingerprint density at radius 1 is 1.25 bits per heavy atom. The molecule has 2 fully saturated rings. The number of rotatable bonds is 3. The maximum Gasteiger partial charge on any atom is 0.217 e. The van der Waals surface area contributed by atoms with Crippen molar-refractivity contribution in [3.05, 3.63) is 0 Å². The molecule has 1 unspecified atom stereocenters. The molecular formula is C10H18BrNO3S. The fourth-order valence-corrected chi connectivity index (χ4v) is 4.86. The highest BCUT2D eigenvalue weighted by atomic mass is 79.9. The standard InChI is InChI=1S/C10H18BrNO3S/c11-7-9-1-4-12(8-9)16(13,14)10-2-5-15-6-3-10/h9-10H,1-8H2. The predicted molar refractivity (Wildman–Crippen MR) is 66.2 cm³/mol. The van der Waals surface area contributed by atoms with Gasteiger partial charge in [0.05, 0.1) is 5.25 Å². The van der Waals surface area contributed by atoms with E-state index in [4.69, 9.17) is 4.74 Å². The van der Waals surface area contributed by atoms with Crippen molar-refractivity contribution in [2.24, 2.45) is 5.92 Å². The van der Waals surface area contributed by atoms with Crippen LogP contribution in [0.4, 0.5) is 0 Å². The normalized spacial score (nSPS) is 29.7. The molecule has 94 valence electrons. The Kier molecular flexibility index (Phi) is 4.26. The SMILES string of the molecule is O=S(=O)(C1CCOCC1)N1CCC(CBr)C1. The predicted octanol–water partition coefficient (Wildman–Crippen LogP) is 1.21. The van der Waals surface area contributed by atoms with Gasteiger partial charge in [-0.2, -0.15) is 0 Å². The zero-order valence-electron chi connectivity index (χ0n) is 9.27. The summed E-state index contributed by atoms with van der Waals surface area (Å²) in [5.74, 6) is 0.481. The zero-order valence-corrected chi connectivity index (χ0v) is 11.7. The Labute approximate surface area is 106 Å². The van der Waals surface area contributed by atoms with Crippen molar-refractivity contribution in [1.82, 2.24) is 4.31 Å². The van der Waals surface area contributed by atoms with Gasteiger partial charge in [-0.25, -0.2) is 12.7 Å². The summed E-state index contributed by atoms with van der Waals surface area (Å²) in [4.78, 5) is 0. The zero-order chi connectivity index (χ0) is 11.6. The molecule has 0 N–H and O–H groups in total. The monoisotopic (exact) mass is 311 g/mol. The van der Waals surface area contributed by atoms with Gasteiger partial charge in [0.15, 0.2) is 0 Å². The molecule has 0 aromatic heterocycles. The average molecular weight is 312 g/mol. The summed E-state index contributed by atoms with van der Waals surface area (Å²) in [6.45, 7) is 2.54. The lowest BCUT2D eigenvalue weighted by Gasteiger charge is -2.27. The molecule has 0 aliphatic carbocycles. The highest BCUT2D eigenvalue weighted by molar-refractivity contribution is 9.09. The fourth-order valence-electron chi connectivity index (χ4n) is 2.34. The van der Waals surface area contributed by atoms with Crippen molar-refractivity contribution in [3.63, 3.8) is 0 Å². The third-order valence-corrected chi connectivity index (χ3v) is 6.70. The maximum absolute atomic E-state index is 12.3. The lowest BCUT2D eigenvalue weighted by atomic mass is 10.2. The highest BCUT2D eigenvalue weighted by Crippen LogP contribution is 2.26. The fraction of sp³-hybridized carbons (Fsp3) is 1.00. The molecule has 0 bridgehead atoms. The van der Waals surface area contributed by atoms with Crippen LogP contribution in [0.15, 0.2) is 0 Å². The Morgan fingerprint density at radius 3 is 2.50 bits per heavy atom. The molecule has 0 radical (unpaired) electrons. The van der Waals surface area contributed by atoms with Crippen molar-refractivity contribution in [2.45, 2.75) is 24.5 Å². The number of nitrogens with zero attached hydrogens (tertiary/aromatic N) is 1. The molecule has 2 aliphatic heterocycles. The molecule has 2 rings (SSSR count). The number of hydrogen-bond acceptors (Lipinski definition) is 3. The Bertz CT molecular complexity index is 327. The molecule has 2 saturated heterocycles. The van der Waals surface area contributed by atoms with Gasteiger partial charge in [-0.05, 0) is 25.2 Å². The first-order chi connectivity index (χ1) is 7.64. The maximum atomic E-state index is 12.3. The minimum absolute atomic E-state index is 0.213. The summed E-state index contributed by atoms with van der Waals surface area (Å²) in [5, 5.41) is 0.683. The van der Waals surface area contributed by atoms with Gasteiger partial charge in [0.2, 0.25) is 10.0 Å². The van der Waals surface area contributed by atoms with Crippen LogP contribution in [-0.2, 0) is 14.8 Å². The number of alkyl halides is 1. The summed E-state index contributed by atoms with van der Waals surface area (Å²) in [6.07, 6.45) is 2.28. The first-order valence-corrected chi connectivity index (χ1v) is 8.39. The van der Waals surface area contributed by atoms with Gasteiger partial charge in [-0.15, -0.1) is 0 Å². The number of hydrogen-bond donors (Lipinski definition) is 0. The Balaban J connectivity index is 2.01. The van der Waals surface area contributed by atoms with Crippen molar-refractivity contribution in [3.8, 4) is 0 Å². The molecule has 2 aliphatic rings. The van der Waals surface area contributed by atoms with Gasteiger partial charge in [-0.1, -0.05) is 15.9 Å². The van der Waals surface area contributed by atoms with E-state index in [0.29, 0.717) is 45.1 Å². The first-order valence-electron chi connectivity index (χ1n) is 5.77. The van der Waals surface area contributed by atoms with Crippen molar-refractivity contribution in [1.29, 1.82) is 0 Å². The summed E-state index contributed by atoms with van der Waals surface area (Å²) < 4.78 is 31.5. The van der Waals surface area contributed by atoms with Crippen LogP contribution >= 0.6 is 15.9 Å². The largest absolute Gasteiger partial charge is 0.381 e. The second-order valence-corrected chi connectivity index (χ2v) is 7.38. The minimum Gasteiger partial charge on any atom is -0.381 e. The van der Waals surface area contributed by atoms with E-state index in [9.17, 15) is 8.42 Å². The molecule has 1 atom stereocenters. The molecule has 2 heterocycles. The van der Waals surface area contributed by atoms with Gasteiger partial charge in [-0.3, -0.25) is 0 Å². The summed E-state index contributed by atoms with van der Waals surface area (Å²) in [5.41, 5.74) is 0. The lowest BCUT2D eigenvalue weighted by Crippen LogP contribution is -2.40. The van der Waals surface area contributed by atoms with Gasteiger partial charge in [0, 0.05) is 31.6 Å². The van der Waals surface area contributed by atoms with Gasteiger partial charge < -0.3 is 4.74 Å². The molecule has 0 aromatic rings. The third kappa shape index (κ3) is 2.60. The molecule has 0 amide bonds. The molecule has 0 spiro atoms. The third-order valence-electron chi connectivity index (χ3n) is 3.42. The van der Waals surface area contributed by atoms with E-state index < -0.39 is 10.0 Å². The second kappa shape index (κ2) is 5.33. The van der Waals surface area contributed by atoms with Gasteiger partial charge in [0.25, 0.3) is 0 Å². The second-order valence-electron chi connectivity index (χ2n) is 4.52. The number of sulfonamides is 1. The Morgan fingerprint density at radius 2 is 1.94 bits per heavy atom. The van der Waals surface area contributed by atoms with Crippen LogP contribution in [0.25, 0.3) is 0 Å². The molecular weight excluding hydrogens is 294 g/mol. The van der Waals surface area contributed by atoms with Crippen LogP contribution < -0.4 is 0 Å². The van der Waals surface area contributed by atoms with E-state index in [1.54, 1.807) is 4.31 Å². The van der Waals surface area contributed by atoms with Gasteiger partial charge in [0.1, 0.15) is 0 Å². The van der Waals surface area contributed by atoms with Crippen LogP contribution in [0.3, 0.4) is 0 Å². The van der Waals surface area contributed by atoms with E-state index >= 15 is 0 Å².